The molecule has 0 saturated carbocycles. The van der Waals surface area contributed by atoms with Crippen LogP contribution < -0.4 is 9.64 Å². The highest BCUT2D eigenvalue weighted by molar-refractivity contribution is 5.56. The highest BCUT2D eigenvalue weighted by Gasteiger charge is 2.24. The molecular weight excluding hydrogens is 388 g/mol. The lowest BCUT2D eigenvalue weighted by atomic mass is 10.0. The third-order valence-corrected chi connectivity index (χ3v) is 6.29. The van der Waals surface area contributed by atoms with Gasteiger partial charge in [0.15, 0.2) is 0 Å². The van der Waals surface area contributed by atoms with Gasteiger partial charge in [-0.25, -0.2) is 4.98 Å². The van der Waals surface area contributed by atoms with E-state index in [4.69, 9.17) is 4.74 Å². The fourth-order valence-corrected chi connectivity index (χ4v) is 4.41. The van der Waals surface area contributed by atoms with Crippen molar-refractivity contribution < 1.29 is 9.84 Å². The average molecular weight is 421 g/mol. The highest BCUT2D eigenvalue weighted by atomic mass is 16.5. The van der Waals surface area contributed by atoms with Crippen LogP contribution in [0.1, 0.15) is 34.2 Å². The Kier molecular flexibility index (Phi) is 6.30. The Labute approximate surface area is 184 Å². The van der Waals surface area contributed by atoms with Crippen LogP contribution >= 0.6 is 0 Å². The van der Waals surface area contributed by atoms with Crippen LogP contribution in [-0.4, -0.2) is 52.8 Å². The van der Waals surface area contributed by atoms with Crippen LogP contribution in [0.25, 0.3) is 0 Å². The van der Waals surface area contributed by atoms with Gasteiger partial charge in [0.05, 0.1) is 7.11 Å². The van der Waals surface area contributed by atoms with Crippen molar-refractivity contribution in [3.8, 4) is 5.75 Å². The van der Waals surface area contributed by atoms with E-state index in [-0.39, 0.29) is 0 Å². The van der Waals surface area contributed by atoms with Gasteiger partial charge in [0.25, 0.3) is 0 Å². The molecule has 164 valence electrons. The number of ether oxygens (including phenoxy) is 1. The van der Waals surface area contributed by atoms with Crippen molar-refractivity contribution in [2.24, 2.45) is 7.05 Å². The molecule has 31 heavy (non-hydrogen) atoms. The van der Waals surface area contributed by atoms with E-state index in [1.807, 2.05) is 36.0 Å². The minimum atomic E-state index is -0.737. The van der Waals surface area contributed by atoms with Crippen LogP contribution in [0.3, 0.4) is 0 Å². The number of aromatic nitrogens is 2. The summed E-state index contributed by atoms with van der Waals surface area (Å²) in [5, 5.41) is 11.0. The molecule has 1 saturated heterocycles. The number of methoxy groups -OCH3 is 1. The van der Waals surface area contributed by atoms with Crippen LogP contribution in [-0.2, 0) is 13.6 Å². The van der Waals surface area contributed by atoms with E-state index in [0.717, 1.165) is 49.7 Å². The van der Waals surface area contributed by atoms with Gasteiger partial charge in [-0.3, -0.25) is 4.90 Å². The number of aliphatic hydroxyl groups is 1. The smallest absolute Gasteiger partial charge is 0.142 e. The van der Waals surface area contributed by atoms with Crippen molar-refractivity contribution in [3.63, 3.8) is 0 Å². The third kappa shape index (κ3) is 4.45. The summed E-state index contributed by atoms with van der Waals surface area (Å²) in [7, 11) is 3.64. The number of aliphatic hydroxyl groups excluding tert-OH is 1. The molecule has 0 radical (unpaired) electrons. The van der Waals surface area contributed by atoms with E-state index in [2.05, 4.69) is 46.8 Å². The maximum absolute atomic E-state index is 11.0. The molecule has 0 amide bonds. The fraction of sp³-hybridized carbons (Fsp3) is 0.400. The molecule has 0 unspecified atom stereocenters. The van der Waals surface area contributed by atoms with Gasteiger partial charge in [-0.05, 0) is 42.7 Å². The number of imidazole rings is 1. The summed E-state index contributed by atoms with van der Waals surface area (Å²) in [6.07, 6.45) is 2.85. The lowest BCUT2D eigenvalue weighted by Gasteiger charge is -2.37. The summed E-state index contributed by atoms with van der Waals surface area (Å²) in [4.78, 5) is 9.22. The second kappa shape index (κ2) is 9.12. The second-order valence-corrected chi connectivity index (χ2v) is 8.37. The molecule has 4 rings (SSSR count). The van der Waals surface area contributed by atoms with Crippen molar-refractivity contribution in [1.29, 1.82) is 0 Å². The number of hydrogen-bond acceptors (Lipinski definition) is 5. The summed E-state index contributed by atoms with van der Waals surface area (Å²) in [6, 6.07) is 12.5. The molecule has 0 bridgehead atoms. The molecule has 2 heterocycles. The Bertz CT molecular complexity index is 1040. The summed E-state index contributed by atoms with van der Waals surface area (Å²) in [5.74, 6) is 1.62. The van der Waals surface area contributed by atoms with E-state index in [9.17, 15) is 5.11 Å². The van der Waals surface area contributed by atoms with Gasteiger partial charge in [0.2, 0.25) is 0 Å². The predicted octanol–water partition coefficient (Wildman–Crippen LogP) is 3.45. The van der Waals surface area contributed by atoms with Crippen molar-refractivity contribution in [1.82, 2.24) is 14.5 Å². The Hall–Kier alpha value is -2.83. The molecule has 0 aliphatic carbocycles. The number of benzene rings is 2. The van der Waals surface area contributed by atoms with E-state index in [1.54, 1.807) is 13.3 Å². The minimum Gasteiger partial charge on any atom is -0.496 e. The second-order valence-electron chi connectivity index (χ2n) is 8.37. The molecule has 0 spiro atoms. The SMILES string of the molecule is COc1cc(C)c(CN2CCN(c3ccccc3[C@@H](O)c3nccn3C)CC2)cc1C. The average Bonchev–Trinajstić information content (AvgIpc) is 3.22. The number of para-hydroxylation sites is 1. The summed E-state index contributed by atoms with van der Waals surface area (Å²) >= 11 is 0. The van der Waals surface area contributed by atoms with E-state index in [1.165, 1.54) is 16.7 Å². The normalized spacial score (nSPS) is 15.8. The topological polar surface area (TPSA) is 53.8 Å². The van der Waals surface area contributed by atoms with Crippen LogP contribution in [0.5, 0.6) is 5.75 Å². The Morgan fingerprint density at radius 1 is 1.06 bits per heavy atom. The highest BCUT2D eigenvalue weighted by Crippen LogP contribution is 2.31. The van der Waals surface area contributed by atoms with Crippen molar-refractivity contribution >= 4 is 5.69 Å². The zero-order chi connectivity index (χ0) is 22.0. The van der Waals surface area contributed by atoms with Gasteiger partial charge in [-0.15, -0.1) is 0 Å². The van der Waals surface area contributed by atoms with Crippen molar-refractivity contribution in [2.45, 2.75) is 26.5 Å². The lowest BCUT2D eigenvalue weighted by molar-refractivity contribution is 0.205. The van der Waals surface area contributed by atoms with Gasteiger partial charge >= 0.3 is 0 Å². The molecule has 1 atom stereocenters. The molecule has 1 aliphatic rings. The van der Waals surface area contributed by atoms with Crippen LogP contribution in [0, 0.1) is 13.8 Å². The van der Waals surface area contributed by atoms with Gasteiger partial charge in [0, 0.05) is 63.4 Å². The van der Waals surface area contributed by atoms with Crippen LogP contribution in [0.15, 0.2) is 48.8 Å². The van der Waals surface area contributed by atoms with Crippen molar-refractivity contribution in [2.75, 3.05) is 38.2 Å². The Balaban J connectivity index is 1.45. The third-order valence-electron chi connectivity index (χ3n) is 6.29. The van der Waals surface area contributed by atoms with E-state index >= 15 is 0 Å². The standard InChI is InChI=1S/C25H32N4O2/c1-18-16-23(31-4)19(2)15-20(18)17-28-11-13-29(14-12-28)22-8-6-5-7-21(22)24(30)25-26-9-10-27(25)3/h5-10,15-16,24,30H,11-14,17H2,1-4H3/t24-/m1/s1. The molecule has 6 heteroatoms. The maximum atomic E-state index is 11.0. The van der Waals surface area contributed by atoms with Gasteiger partial charge in [-0.1, -0.05) is 24.3 Å². The summed E-state index contributed by atoms with van der Waals surface area (Å²) in [6.45, 7) is 9.03. The van der Waals surface area contributed by atoms with Gasteiger partial charge in [-0.2, -0.15) is 0 Å². The molecule has 1 aliphatic heterocycles. The molecule has 2 aromatic carbocycles. The van der Waals surface area contributed by atoms with E-state index < -0.39 is 6.10 Å². The van der Waals surface area contributed by atoms with E-state index in [0.29, 0.717) is 5.82 Å². The molecule has 6 nitrogen and oxygen atoms in total. The monoisotopic (exact) mass is 420 g/mol. The number of aryl methyl sites for hydroxylation is 3. The number of anilines is 1. The predicted molar refractivity (Wildman–Crippen MR) is 124 cm³/mol. The molecule has 1 N–H and O–H groups in total. The Morgan fingerprint density at radius 2 is 1.81 bits per heavy atom. The summed E-state index contributed by atoms with van der Waals surface area (Å²) in [5.41, 5.74) is 5.81. The lowest BCUT2D eigenvalue weighted by Crippen LogP contribution is -2.46. The first-order valence-electron chi connectivity index (χ1n) is 10.8. The number of piperazine rings is 1. The molecule has 1 aromatic heterocycles. The van der Waals surface area contributed by atoms with Gasteiger partial charge < -0.3 is 19.3 Å². The van der Waals surface area contributed by atoms with Gasteiger partial charge in [0.1, 0.15) is 17.7 Å². The van der Waals surface area contributed by atoms with Crippen LogP contribution in [0.4, 0.5) is 5.69 Å². The zero-order valence-electron chi connectivity index (χ0n) is 18.9. The van der Waals surface area contributed by atoms with Crippen molar-refractivity contribution in [3.05, 3.63) is 76.9 Å². The first kappa shape index (κ1) is 21.4. The number of nitrogens with zero attached hydrogens (tertiary/aromatic N) is 4. The molecular formula is C25H32N4O2. The molecule has 3 aromatic rings. The quantitative estimate of drug-likeness (QED) is 0.662. The van der Waals surface area contributed by atoms with Crippen LogP contribution in [0.2, 0.25) is 0 Å². The fourth-order valence-electron chi connectivity index (χ4n) is 4.41. The molecule has 1 fully saturated rings. The summed E-state index contributed by atoms with van der Waals surface area (Å²) < 4.78 is 7.33. The zero-order valence-corrected chi connectivity index (χ0v) is 18.9. The first-order chi connectivity index (χ1) is 15.0. The first-order valence-corrected chi connectivity index (χ1v) is 10.8. The largest absolute Gasteiger partial charge is 0.496 e. The Morgan fingerprint density at radius 3 is 2.48 bits per heavy atom. The number of hydrogen-bond donors (Lipinski definition) is 1. The minimum absolute atomic E-state index is 0.663. The number of rotatable bonds is 6. The maximum Gasteiger partial charge on any atom is 0.142 e.